The van der Waals surface area contributed by atoms with Crippen LogP contribution in [0.2, 0.25) is 0 Å². The summed E-state index contributed by atoms with van der Waals surface area (Å²) in [6.07, 6.45) is 0.822. The van der Waals surface area contributed by atoms with E-state index in [4.69, 9.17) is 5.84 Å². The van der Waals surface area contributed by atoms with E-state index in [1.807, 2.05) is 12.1 Å². The first-order valence-corrected chi connectivity index (χ1v) is 7.21. The lowest BCUT2D eigenvalue weighted by atomic mass is 9.75. The predicted molar refractivity (Wildman–Crippen MR) is 85.4 cm³/mol. The molecular formula is C18H23FN2. The second kappa shape index (κ2) is 6.37. The maximum atomic E-state index is 13.1. The number of hydrogen-bond donors (Lipinski definition) is 2. The molecule has 112 valence electrons. The van der Waals surface area contributed by atoms with Crippen LogP contribution in [0.3, 0.4) is 0 Å². The van der Waals surface area contributed by atoms with Gasteiger partial charge in [-0.25, -0.2) is 4.39 Å². The number of rotatable bonds is 5. The van der Waals surface area contributed by atoms with E-state index in [1.165, 1.54) is 23.3 Å². The molecule has 3 heteroatoms. The zero-order chi connectivity index (χ0) is 15.5. The Balaban J connectivity index is 2.24. The molecule has 2 aromatic carbocycles. The van der Waals surface area contributed by atoms with Crippen LogP contribution in [0.1, 0.15) is 30.5 Å². The molecule has 0 amide bonds. The van der Waals surface area contributed by atoms with Gasteiger partial charge in [0.1, 0.15) is 5.82 Å². The van der Waals surface area contributed by atoms with E-state index in [0.29, 0.717) is 0 Å². The summed E-state index contributed by atoms with van der Waals surface area (Å²) in [5.74, 6) is 5.57. The summed E-state index contributed by atoms with van der Waals surface area (Å²) in [6, 6.07) is 15.1. The van der Waals surface area contributed by atoms with E-state index in [-0.39, 0.29) is 17.3 Å². The highest BCUT2D eigenvalue weighted by atomic mass is 19.1. The highest BCUT2D eigenvalue weighted by Crippen LogP contribution is 2.29. The fourth-order valence-corrected chi connectivity index (χ4v) is 2.68. The van der Waals surface area contributed by atoms with Crippen molar-refractivity contribution in [2.75, 3.05) is 0 Å². The Hall–Kier alpha value is -1.71. The molecule has 2 rings (SSSR count). The van der Waals surface area contributed by atoms with Crippen molar-refractivity contribution < 1.29 is 4.39 Å². The van der Waals surface area contributed by atoms with Gasteiger partial charge in [-0.15, -0.1) is 0 Å². The Morgan fingerprint density at radius 1 is 1.14 bits per heavy atom. The Morgan fingerprint density at radius 3 is 2.38 bits per heavy atom. The molecular weight excluding hydrogens is 263 g/mol. The molecule has 0 aliphatic heterocycles. The third-order valence-electron chi connectivity index (χ3n) is 4.18. The van der Waals surface area contributed by atoms with Crippen molar-refractivity contribution in [1.29, 1.82) is 0 Å². The first kappa shape index (κ1) is 15.7. The van der Waals surface area contributed by atoms with Crippen LogP contribution in [0.5, 0.6) is 0 Å². The predicted octanol–water partition coefficient (Wildman–Crippen LogP) is 3.49. The summed E-state index contributed by atoms with van der Waals surface area (Å²) in [6.45, 7) is 6.33. The van der Waals surface area contributed by atoms with E-state index >= 15 is 0 Å². The van der Waals surface area contributed by atoms with Gasteiger partial charge in [0.2, 0.25) is 0 Å². The third-order valence-corrected chi connectivity index (χ3v) is 4.18. The molecule has 0 bridgehead atoms. The van der Waals surface area contributed by atoms with E-state index < -0.39 is 0 Å². The summed E-state index contributed by atoms with van der Waals surface area (Å²) in [5, 5.41) is 0. The standard InChI is InChI=1S/C18H23FN2/c1-13-5-4-6-14(11-13)12-17(21-20)18(2,3)15-7-9-16(19)10-8-15/h4-11,17,21H,12,20H2,1-3H3. The summed E-state index contributed by atoms with van der Waals surface area (Å²) >= 11 is 0. The molecule has 0 radical (unpaired) electrons. The smallest absolute Gasteiger partial charge is 0.123 e. The monoisotopic (exact) mass is 286 g/mol. The van der Waals surface area contributed by atoms with Crippen LogP contribution in [0.25, 0.3) is 0 Å². The number of nitrogens with one attached hydrogen (secondary N) is 1. The Bertz CT molecular complexity index is 590. The van der Waals surface area contributed by atoms with Crippen LogP contribution in [0, 0.1) is 12.7 Å². The fraction of sp³-hybridized carbons (Fsp3) is 0.333. The Kier molecular flexibility index (Phi) is 4.76. The molecule has 0 spiro atoms. The molecule has 1 atom stereocenters. The normalized spacial score (nSPS) is 13.2. The van der Waals surface area contributed by atoms with Crippen molar-refractivity contribution in [2.24, 2.45) is 5.84 Å². The maximum Gasteiger partial charge on any atom is 0.123 e. The van der Waals surface area contributed by atoms with Crippen molar-refractivity contribution in [3.8, 4) is 0 Å². The number of nitrogens with two attached hydrogens (primary N) is 1. The molecule has 2 nitrogen and oxygen atoms in total. The van der Waals surface area contributed by atoms with Gasteiger partial charge in [0.15, 0.2) is 0 Å². The van der Waals surface area contributed by atoms with Crippen LogP contribution < -0.4 is 11.3 Å². The summed E-state index contributed by atoms with van der Waals surface area (Å²) < 4.78 is 13.1. The summed E-state index contributed by atoms with van der Waals surface area (Å²) in [4.78, 5) is 0. The zero-order valence-electron chi connectivity index (χ0n) is 12.9. The van der Waals surface area contributed by atoms with Crippen molar-refractivity contribution in [3.63, 3.8) is 0 Å². The molecule has 0 saturated carbocycles. The number of hydrogen-bond acceptors (Lipinski definition) is 2. The minimum Gasteiger partial charge on any atom is -0.271 e. The lowest BCUT2D eigenvalue weighted by molar-refractivity contribution is 0.341. The number of hydrazine groups is 1. The SMILES string of the molecule is Cc1cccc(CC(NN)C(C)(C)c2ccc(F)cc2)c1. The molecule has 3 N–H and O–H groups in total. The largest absolute Gasteiger partial charge is 0.271 e. The highest BCUT2D eigenvalue weighted by molar-refractivity contribution is 5.29. The molecule has 0 aliphatic rings. The molecule has 0 heterocycles. The minimum absolute atomic E-state index is 0.0600. The Morgan fingerprint density at radius 2 is 1.81 bits per heavy atom. The van der Waals surface area contributed by atoms with Crippen LogP contribution >= 0.6 is 0 Å². The van der Waals surface area contributed by atoms with Crippen molar-refractivity contribution in [1.82, 2.24) is 5.43 Å². The van der Waals surface area contributed by atoms with Gasteiger partial charge in [-0.05, 0) is 36.6 Å². The average molecular weight is 286 g/mol. The molecule has 2 aromatic rings. The van der Waals surface area contributed by atoms with E-state index in [0.717, 1.165) is 12.0 Å². The molecule has 0 saturated heterocycles. The maximum absolute atomic E-state index is 13.1. The van der Waals surface area contributed by atoms with Gasteiger partial charge < -0.3 is 0 Å². The molecule has 0 aromatic heterocycles. The zero-order valence-corrected chi connectivity index (χ0v) is 12.9. The summed E-state index contributed by atoms with van der Waals surface area (Å²) in [7, 11) is 0. The minimum atomic E-state index is -0.217. The van der Waals surface area contributed by atoms with Crippen LogP contribution in [-0.2, 0) is 11.8 Å². The molecule has 0 aliphatic carbocycles. The van der Waals surface area contributed by atoms with Gasteiger partial charge in [0, 0.05) is 11.5 Å². The van der Waals surface area contributed by atoms with Gasteiger partial charge in [0.05, 0.1) is 0 Å². The van der Waals surface area contributed by atoms with Crippen LogP contribution in [0.4, 0.5) is 4.39 Å². The number of halogens is 1. The summed E-state index contributed by atoms with van der Waals surface area (Å²) in [5.41, 5.74) is 6.28. The van der Waals surface area contributed by atoms with Gasteiger partial charge in [-0.3, -0.25) is 11.3 Å². The van der Waals surface area contributed by atoms with Gasteiger partial charge in [-0.1, -0.05) is 55.8 Å². The number of aryl methyl sites for hydroxylation is 1. The van der Waals surface area contributed by atoms with E-state index in [9.17, 15) is 4.39 Å². The van der Waals surface area contributed by atoms with Gasteiger partial charge in [0.25, 0.3) is 0 Å². The molecule has 21 heavy (non-hydrogen) atoms. The average Bonchev–Trinajstić information content (AvgIpc) is 2.45. The highest BCUT2D eigenvalue weighted by Gasteiger charge is 2.30. The van der Waals surface area contributed by atoms with Crippen LogP contribution in [-0.4, -0.2) is 6.04 Å². The first-order valence-electron chi connectivity index (χ1n) is 7.21. The second-order valence-electron chi connectivity index (χ2n) is 6.14. The van der Waals surface area contributed by atoms with E-state index in [2.05, 4.69) is 50.5 Å². The molecule has 0 fully saturated rings. The number of benzene rings is 2. The topological polar surface area (TPSA) is 38.0 Å². The quantitative estimate of drug-likeness (QED) is 0.652. The second-order valence-corrected chi connectivity index (χ2v) is 6.14. The molecule has 1 unspecified atom stereocenters. The van der Waals surface area contributed by atoms with E-state index in [1.54, 1.807) is 0 Å². The van der Waals surface area contributed by atoms with Gasteiger partial charge in [-0.2, -0.15) is 0 Å². The van der Waals surface area contributed by atoms with Gasteiger partial charge >= 0.3 is 0 Å². The lowest BCUT2D eigenvalue weighted by Crippen LogP contribution is -2.49. The van der Waals surface area contributed by atoms with Crippen molar-refractivity contribution in [2.45, 2.75) is 38.6 Å². The fourth-order valence-electron chi connectivity index (χ4n) is 2.68. The van der Waals surface area contributed by atoms with Crippen LogP contribution in [0.15, 0.2) is 48.5 Å². The first-order chi connectivity index (χ1) is 9.93. The van der Waals surface area contributed by atoms with Crippen molar-refractivity contribution >= 4 is 0 Å². The third kappa shape index (κ3) is 3.69. The lowest BCUT2D eigenvalue weighted by Gasteiger charge is -2.34. The Labute approximate surface area is 126 Å². The van der Waals surface area contributed by atoms with Crippen molar-refractivity contribution in [3.05, 3.63) is 71.0 Å².